The van der Waals surface area contributed by atoms with Crippen LogP contribution in [0.1, 0.15) is 50.4 Å². The molecule has 2 N–H and O–H groups in total. The molecule has 0 unspecified atom stereocenters. The third-order valence-electron chi connectivity index (χ3n) is 8.03. The van der Waals surface area contributed by atoms with Gasteiger partial charge in [0, 0.05) is 35.4 Å². The van der Waals surface area contributed by atoms with Crippen LogP contribution in [0.4, 0.5) is 23.5 Å². The van der Waals surface area contributed by atoms with E-state index in [-0.39, 0.29) is 17.9 Å². The number of piperidine rings is 1. The van der Waals surface area contributed by atoms with Crippen molar-refractivity contribution in [2.45, 2.75) is 70.0 Å². The molecule has 1 aliphatic carbocycles. The van der Waals surface area contributed by atoms with Crippen molar-refractivity contribution in [1.29, 1.82) is 0 Å². The molecule has 0 amide bonds. The molecule has 1 aliphatic heterocycles. The second kappa shape index (κ2) is 10.1. The zero-order valence-corrected chi connectivity index (χ0v) is 21.9. The van der Waals surface area contributed by atoms with Crippen molar-refractivity contribution >= 4 is 28.0 Å². The van der Waals surface area contributed by atoms with E-state index >= 15 is 4.39 Å². The summed E-state index contributed by atoms with van der Waals surface area (Å²) in [6.45, 7) is 3.91. The summed E-state index contributed by atoms with van der Waals surface area (Å²) in [4.78, 5) is 19.1. The SMILES string of the molecule is Cc1nc2c(F)cc(-c3c[nH]c4nc(NC5CCC(OC(F)(F)F)CC5)ncc34)cc2n1C1CCN(C)CC1. The largest absolute Gasteiger partial charge is 0.522 e. The Labute approximate surface area is 222 Å². The number of imidazole rings is 1. The van der Waals surface area contributed by atoms with Crippen LogP contribution in [-0.4, -0.2) is 68.0 Å². The van der Waals surface area contributed by atoms with Gasteiger partial charge in [-0.25, -0.2) is 14.4 Å². The van der Waals surface area contributed by atoms with E-state index in [1.54, 1.807) is 12.4 Å². The average molecular weight is 546 g/mol. The molecular weight excluding hydrogens is 514 g/mol. The molecule has 0 atom stereocenters. The van der Waals surface area contributed by atoms with E-state index < -0.39 is 12.5 Å². The van der Waals surface area contributed by atoms with Crippen LogP contribution in [0, 0.1) is 12.7 Å². The number of aromatic amines is 1. The molecule has 3 aromatic heterocycles. The molecule has 2 fully saturated rings. The maximum atomic E-state index is 15.3. The Morgan fingerprint density at radius 3 is 2.51 bits per heavy atom. The summed E-state index contributed by atoms with van der Waals surface area (Å²) < 4.78 is 59.1. The molecule has 0 spiro atoms. The van der Waals surface area contributed by atoms with Gasteiger partial charge in [-0.05, 0) is 83.3 Å². The quantitative estimate of drug-likeness (QED) is 0.302. The Morgan fingerprint density at radius 1 is 1.05 bits per heavy atom. The van der Waals surface area contributed by atoms with Crippen LogP contribution in [0.15, 0.2) is 24.5 Å². The summed E-state index contributed by atoms with van der Waals surface area (Å²) in [5, 5.41) is 3.99. The van der Waals surface area contributed by atoms with E-state index in [9.17, 15) is 13.2 Å². The number of hydrogen-bond acceptors (Lipinski definition) is 6. The lowest BCUT2D eigenvalue weighted by Gasteiger charge is -2.30. The minimum Gasteiger partial charge on any atom is -0.351 e. The van der Waals surface area contributed by atoms with Crippen molar-refractivity contribution in [3.05, 3.63) is 36.2 Å². The predicted molar refractivity (Wildman–Crippen MR) is 140 cm³/mol. The lowest BCUT2D eigenvalue weighted by molar-refractivity contribution is -0.345. The second-order valence-electron chi connectivity index (χ2n) is 10.7. The number of alkyl halides is 3. The fourth-order valence-electron chi connectivity index (χ4n) is 6.05. The molecular formula is C27H31F4N7O. The van der Waals surface area contributed by atoms with Gasteiger partial charge in [-0.15, -0.1) is 13.2 Å². The van der Waals surface area contributed by atoms with Gasteiger partial charge in [0.2, 0.25) is 5.95 Å². The standard InChI is InChI=1S/C27H31F4N7O/c1-15-34-24-22(28)11-16(12-23(24)38(15)18-7-9-37(2)10-8-18)20-13-32-25-21(20)14-33-26(36-25)35-17-3-5-19(6-4-17)39-27(29,30)31/h11-14,17-19H,3-10H2,1-2H3,(H2,32,33,35,36). The smallest absolute Gasteiger partial charge is 0.351 e. The van der Waals surface area contributed by atoms with Crippen molar-refractivity contribution in [2.75, 3.05) is 25.5 Å². The summed E-state index contributed by atoms with van der Waals surface area (Å²) in [6.07, 6.45) is 1.73. The van der Waals surface area contributed by atoms with E-state index in [0.717, 1.165) is 48.2 Å². The highest BCUT2D eigenvalue weighted by atomic mass is 19.4. The van der Waals surface area contributed by atoms with E-state index in [2.05, 4.69) is 46.5 Å². The zero-order chi connectivity index (χ0) is 27.3. The maximum absolute atomic E-state index is 15.3. The van der Waals surface area contributed by atoms with E-state index in [0.29, 0.717) is 48.4 Å². The minimum atomic E-state index is -4.61. The van der Waals surface area contributed by atoms with Gasteiger partial charge in [0.15, 0.2) is 5.82 Å². The number of ether oxygens (including phenoxy) is 1. The number of hydrogen-bond donors (Lipinski definition) is 2. The normalized spacial score (nSPS) is 21.7. The molecule has 208 valence electrons. The number of aryl methyl sites for hydroxylation is 1. The van der Waals surface area contributed by atoms with Gasteiger partial charge in [-0.1, -0.05) is 0 Å². The summed E-state index contributed by atoms with van der Waals surface area (Å²) in [6, 6.07) is 3.73. The van der Waals surface area contributed by atoms with Crippen LogP contribution in [0.2, 0.25) is 0 Å². The highest BCUT2D eigenvalue weighted by molar-refractivity contribution is 5.96. The average Bonchev–Trinajstić information content (AvgIpc) is 3.45. The van der Waals surface area contributed by atoms with Crippen molar-refractivity contribution in [3.63, 3.8) is 0 Å². The minimum absolute atomic E-state index is 0.0374. The first kappa shape index (κ1) is 26.0. The summed E-state index contributed by atoms with van der Waals surface area (Å²) in [7, 11) is 2.12. The highest BCUT2D eigenvalue weighted by Gasteiger charge is 2.35. The first-order chi connectivity index (χ1) is 18.6. The molecule has 8 nitrogen and oxygen atoms in total. The van der Waals surface area contributed by atoms with E-state index in [4.69, 9.17) is 0 Å². The highest BCUT2D eigenvalue weighted by Crippen LogP contribution is 2.35. The van der Waals surface area contributed by atoms with Crippen molar-refractivity contribution in [3.8, 4) is 11.1 Å². The fourth-order valence-corrected chi connectivity index (χ4v) is 6.05. The second-order valence-corrected chi connectivity index (χ2v) is 10.7. The van der Waals surface area contributed by atoms with Gasteiger partial charge < -0.3 is 19.8 Å². The number of H-pyrrole nitrogens is 1. The molecule has 2 aliphatic rings. The number of nitrogens with zero attached hydrogens (tertiary/aromatic N) is 5. The molecule has 4 aromatic rings. The number of benzene rings is 1. The summed E-state index contributed by atoms with van der Waals surface area (Å²) in [5.41, 5.74) is 3.27. The van der Waals surface area contributed by atoms with Gasteiger partial charge in [-0.2, -0.15) is 4.98 Å². The van der Waals surface area contributed by atoms with Gasteiger partial charge in [0.25, 0.3) is 0 Å². The fraction of sp³-hybridized carbons (Fsp3) is 0.519. The van der Waals surface area contributed by atoms with E-state index in [1.165, 1.54) is 6.07 Å². The number of halogens is 4. The number of likely N-dealkylation sites (tertiary alicyclic amines) is 1. The molecule has 0 radical (unpaired) electrons. The number of fused-ring (bicyclic) bond motifs is 2. The van der Waals surface area contributed by atoms with Crippen LogP contribution >= 0.6 is 0 Å². The van der Waals surface area contributed by atoms with Gasteiger partial charge in [0.1, 0.15) is 17.0 Å². The third-order valence-corrected chi connectivity index (χ3v) is 8.03. The lowest BCUT2D eigenvalue weighted by atomic mass is 9.93. The van der Waals surface area contributed by atoms with Crippen LogP contribution < -0.4 is 5.32 Å². The Kier molecular flexibility index (Phi) is 6.70. The Balaban J connectivity index is 1.23. The van der Waals surface area contributed by atoms with Crippen molar-refractivity contribution in [2.24, 2.45) is 0 Å². The molecule has 6 rings (SSSR count). The molecule has 4 heterocycles. The van der Waals surface area contributed by atoms with Gasteiger partial charge >= 0.3 is 6.36 Å². The van der Waals surface area contributed by atoms with Gasteiger partial charge in [-0.3, -0.25) is 4.74 Å². The van der Waals surface area contributed by atoms with Crippen molar-refractivity contribution < 1.29 is 22.3 Å². The topological polar surface area (TPSA) is 83.9 Å². The molecule has 12 heteroatoms. The molecule has 1 saturated carbocycles. The monoisotopic (exact) mass is 545 g/mol. The molecule has 1 saturated heterocycles. The van der Waals surface area contributed by atoms with Crippen LogP contribution in [0.25, 0.3) is 33.2 Å². The molecule has 0 bridgehead atoms. The molecule has 39 heavy (non-hydrogen) atoms. The maximum Gasteiger partial charge on any atom is 0.522 e. The summed E-state index contributed by atoms with van der Waals surface area (Å²) in [5.74, 6) is 0.845. The third kappa shape index (κ3) is 5.31. The Hall–Kier alpha value is -3.25. The zero-order valence-electron chi connectivity index (χ0n) is 21.9. The van der Waals surface area contributed by atoms with Crippen LogP contribution in [0.5, 0.6) is 0 Å². The molecule has 1 aromatic carbocycles. The number of rotatable bonds is 5. The lowest BCUT2D eigenvalue weighted by Crippen LogP contribution is -2.33. The predicted octanol–water partition coefficient (Wildman–Crippen LogP) is 5.95. The summed E-state index contributed by atoms with van der Waals surface area (Å²) >= 11 is 0. The number of anilines is 1. The van der Waals surface area contributed by atoms with E-state index in [1.807, 2.05) is 13.0 Å². The first-order valence-electron chi connectivity index (χ1n) is 13.4. The van der Waals surface area contributed by atoms with Crippen LogP contribution in [0.3, 0.4) is 0 Å². The van der Waals surface area contributed by atoms with Crippen molar-refractivity contribution in [1.82, 2.24) is 29.4 Å². The Bertz CT molecular complexity index is 1480. The van der Waals surface area contributed by atoms with Gasteiger partial charge in [0.05, 0.1) is 11.6 Å². The number of aromatic nitrogens is 5. The Morgan fingerprint density at radius 2 is 1.79 bits per heavy atom. The number of nitrogens with one attached hydrogen (secondary N) is 2. The van der Waals surface area contributed by atoms with Crippen LogP contribution in [-0.2, 0) is 4.74 Å². The first-order valence-corrected chi connectivity index (χ1v) is 13.4.